The molecular formula is C14H20N4O3. The summed E-state index contributed by atoms with van der Waals surface area (Å²) in [6.07, 6.45) is 0.745. The molecule has 0 saturated carbocycles. The summed E-state index contributed by atoms with van der Waals surface area (Å²) in [4.78, 5) is 26.2. The third-order valence-electron chi connectivity index (χ3n) is 3.97. The first-order chi connectivity index (χ1) is 10.1. The first-order valence-electron chi connectivity index (χ1n) is 7.32. The summed E-state index contributed by atoms with van der Waals surface area (Å²) in [5.74, 6) is -0.503. The zero-order valence-corrected chi connectivity index (χ0v) is 12.4. The van der Waals surface area contributed by atoms with E-state index in [1.165, 1.54) is 0 Å². The van der Waals surface area contributed by atoms with Gasteiger partial charge >= 0.3 is 5.97 Å². The van der Waals surface area contributed by atoms with Crippen molar-refractivity contribution in [2.75, 3.05) is 26.7 Å². The number of nitrogens with zero attached hydrogens (tertiary/aromatic N) is 3. The van der Waals surface area contributed by atoms with E-state index in [9.17, 15) is 9.59 Å². The van der Waals surface area contributed by atoms with E-state index in [4.69, 9.17) is 4.74 Å². The zero-order chi connectivity index (χ0) is 15.0. The lowest BCUT2D eigenvalue weighted by atomic mass is 10.1. The predicted molar refractivity (Wildman–Crippen MR) is 74.7 cm³/mol. The number of carbonyl (C=O) groups excluding carboxylic acids is 2. The Morgan fingerprint density at radius 1 is 1.48 bits per heavy atom. The Morgan fingerprint density at radius 3 is 3.05 bits per heavy atom. The second-order valence-corrected chi connectivity index (χ2v) is 5.60. The van der Waals surface area contributed by atoms with Gasteiger partial charge in [0.15, 0.2) is 0 Å². The van der Waals surface area contributed by atoms with E-state index in [0.29, 0.717) is 38.3 Å². The van der Waals surface area contributed by atoms with Gasteiger partial charge in [0.2, 0.25) is 0 Å². The molecule has 1 aromatic rings. The molecule has 1 amide bonds. The summed E-state index contributed by atoms with van der Waals surface area (Å²) in [6.45, 7) is 4.51. The number of carbonyl (C=O) groups is 2. The average molecular weight is 292 g/mol. The molecule has 0 fully saturated rings. The lowest BCUT2D eigenvalue weighted by molar-refractivity contribution is -0.149. The van der Waals surface area contributed by atoms with Crippen molar-refractivity contribution in [1.82, 2.24) is 20.0 Å². The fourth-order valence-corrected chi connectivity index (χ4v) is 3.06. The van der Waals surface area contributed by atoms with Crippen LogP contribution in [-0.4, -0.2) is 53.3 Å². The van der Waals surface area contributed by atoms with E-state index >= 15 is 0 Å². The number of ether oxygens (including phenoxy) is 1. The maximum atomic E-state index is 12.1. The van der Waals surface area contributed by atoms with Gasteiger partial charge in [0.05, 0.1) is 36.0 Å². The maximum Gasteiger partial charge on any atom is 0.312 e. The Bertz CT molecular complexity index is 581. The van der Waals surface area contributed by atoms with Crippen LogP contribution in [0.3, 0.4) is 0 Å². The highest BCUT2D eigenvalue weighted by molar-refractivity contribution is 5.97. The van der Waals surface area contributed by atoms with E-state index in [1.54, 1.807) is 6.92 Å². The molecule has 21 heavy (non-hydrogen) atoms. The minimum Gasteiger partial charge on any atom is -0.466 e. The van der Waals surface area contributed by atoms with Crippen molar-refractivity contribution in [3.8, 4) is 0 Å². The topological polar surface area (TPSA) is 76.5 Å². The Morgan fingerprint density at radius 2 is 2.29 bits per heavy atom. The van der Waals surface area contributed by atoms with Crippen LogP contribution in [0.25, 0.3) is 0 Å². The van der Waals surface area contributed by atoms with E-state index in [-0.39, 0.29) is 17.8 Å². The fourth-order valence-electron chi connectivity index (χ4n) is 3.06. The van der Waals surface area contributed by atoms with Gasteiger partial charge in [-0.05, 0) is 14.0 Å². The van der Waals surface area contributed by atoms with Crippen LogP contribution in [0.15, 0.2) is 0 Å². The average Bonchev–Trinajstić information content (AvgIpc) is 2.68. The normalized spacial score (nSPS) is 22.0. The van der Waals surface area contributed by atoms with Crippen molar-refractivity contribution in [3.05, 3.63) is 17.0 Å². The van der Waals surface area contributed by atoms with E-state index in [2.05, 4.69) is 10.4 Å². The Hall–Kier alpha value is -1.89. The van der Waals surface area contributed by atoms with Crippen molar-refractivity contribution >= 4 is 11.9 Å². The monoisotopic (exact) mass is 292 g/mol. The Kier molecular flexibility index (Phi) is 3.67. The molecule has 1 N–H and O–H groups in total. The van der Waals surface area contributed by atoms with Crippen LogP contribution in [0.2, 0.25) is 0 Å². The van der Waals surface area contributed by atoms with Gasteiger partial charge in [-0.2, -0.15) is 5.10 Å². The number of amides is 1. The van der Waals surface area contributed by atoms with Gasteiger partial charge in [-0.1, -0.05) is 0 Å². The molecule has 0 aromatic carbocycles. The number of nitrogens with one attached hydrogen (secondary N) is 1. The standard InChI is InChI=1S/C14H20N4O3/c1-3-21-14(20)9-6-17(2)8-11-12-10(16-18(11)7-9)4-5-15-13(12)19/h9H,3-8H2,1-2H3,(H,15,19). The van der Waals surface area contributed by atoms with Crippen LogP contribution in [0, 0.1) is 5.92 Å². The number of rotatable bonds is 2. The van der Waals surface area contributed by atoms with E-state index in [0.717, 1.165) is 17.8 Å². The summed E-state index contributed by atoms with van der Waals surface area (Å²) >= 11 is 0. The fraction of sp³-hybridized carbons (Fsp3) is 0.643. The molecule has 1 unspecified atom stereocenters. The quantitative estimate of drug-likeness (QED) is 0.764. The smallest absolute Gasteiger partial charge is 0.312 e. The highest BCUT2D eigenvalue weighted by Crippen LogP contribution is 2.24. The van der Waals surface area contributed by atoms with Crippen molar-refractivity contribution in [2.45, 2.75) is 26.4 Å². The SMILES string of the molecule is CCOC(=O)C1CN(C)Cc2c3c(nn2C1)CCNC3=O. The first-order valence-corrected chi connectivity index (χ1v) is 7.32. The summed E-state index contributed by atoms with van der Waals surface area (Å²) in [5, 5.41) is 7.41. The molecular weight excluding hydrogens is 272 g/mol. The largest absolute Gasteiger partial charge is 0.466 e. The Labute approximate surface area is 123 Å². The van der Waals surface area contributed by atoms with Gasteiger partial charge < -0.3 is 10.1 Å². The highest BCUT2D eigenvalue weighted by atomic mass is 16.5. The third-order valence-corrected chi connectivity index (χ3v) is 3.97. The molecule has 7 heteroatoms. The second-order valence-electron chi connectivity index (χ2n) is 5.60. The van der Waals surface area contributed by atoms with Crippen LogP contribution in [-0.2, 0) is 29.0 Å². The third kappa shape index (κ3) is 2.53. The highest BCUT2D eigenvalue weighted by Gasteiger charge is 2.33. The van der Waals surface area contributed by atoms with E-state index < -0.39 is 0 Å². The molecule has 114 valence electrons. The molecule has 0 spiro atoms. The summed E-state index contributed by atoms with van der Waals surface area (Å²) in [6, 6.07) is 0. The van der Waals surface area contributed by atoms with Gasteiger partial charge in [-0.15, -0.1) is 0 Å². The van der Waals surface area contributed by atoms with Crippen molar-refractivity contribution in [2.24, 2.45) is 5.92 Å². The molecule has 0 aliphatic carbocycles. The Balaban J connectivity index is 1.95. The van der Waals surface area contributed by atoms with Crippen LogP contribution in [0.1, 0.15) is 28.7 Å². The predicted octanol–water partition coefficient (Wildman–Crippen LogP) is -0.206. The first kappa shape index (κ1) is 14.1. The number of hydrogen-bond donors (Lipinski definition) is 1. The molecule has 0 radical (unpaired) electrons. The number of fused-ring (bicyclic) bond motifs is 3. The number of hydrogen-bond acceptors (Lipinski definition) is 5. The molecule has 3 rings (SSSR count). The van der Waals surface area contributed by atoms with Crippen LogP contribution >= 0.6 is 0 Å². The molecule has 1 atom stereocenters. The molecule has 2 aliphatic rings. The lowest BCUT2D eigenvalue weighted by Crippen LogP contribution is -2.33. The number of aromatic nitrogens is 2. The van der Waals surface area contributed by atoms with E-state index in [1.807, 2.05) is 16.6 Å². The molecule has 7 nitrogen and oxygen atoms in total. The molecule has 0 saturated heterocycles. The number of esters is 1. The molecule has 3 heterocycles. The summed E-state index contributed by atoms with van der Waals surface area (Å²) in [5.41, 5.74) is 2.43. The van der Waals surface area contributed by atoms with Gasteiger partial charge in [0, 0.05) is 26.1 Å². The minimum absolute atomic E-state index is 0.0551. The van der Waals surface area contributed by atoms with Crippen molar-refractivity contribution < 1.29 is 14.3 Å². The van der Waals surface area contributed by atoms with Crippen LogP contribution in [0.4, 0.5) is 0 Å². The molecule has 0 bridgehead atoms. The molecule has 2 aliphatic heterocycles. The van der Waals surface area contributed by atoms with Crippen LogP contribution < -0.4 is 5.32 Å². The van der Waals surface area contributed by atoms with Gasteiger partial charge in [0.1, 0.15) is 0 Å². The minimum atomic E-state index is -0.249. The maximum absolute atomic E-state index is 12.1. The van der Waals surface area contributed by atoms with Crippen LogP contribution in [0.5, 0.6) is 0 Å². The van der Waals surface area contributed by atoms with Gasteiger partial charge in [-0.25, -0.2) is 0 Å². The summed E-state index contributed by atoms with van der Waals surface area (Å²) < 4.78 is 6.96. The zero-order valence-electron chi connectivity index (χ0n) is 12.4. The van der Waals surface area contributed by atoms with Gasteiger partial charge in [-0.3, -0.25) is 19.2 Å². The lowest BCUT2D eigenvalue weighted by Gasteiger charge is -2.19. The van der Waals surface area contributed by atoms with Crippen molar-refractivity contribution in [1.29, 1.82) is 0 Å². The van der Waals surface area contributed by atoms with Crippen molar-refractivity contribution in [3.63, 3.8) is 0 Å². The van der Waals surface area contributed by atoms with Gasteiger partial charge in [0.25, 0.3) is 5.91 Å². The molecule has 1 aromatic heterocycles. The summed E-state index contributed by atoms with van der Waals surface area (Å²) in [7, 11) is 1.95. The second kappa shape index (κ2) is 5.48.